The molecule has 0 bridgehead atoms. The van der Waals surface area contributed by atoms with Gasteiger partial charge in [-0.05, 0) is 49.6 Å². The molecule has 4 heteroatoms. The zero-order chi connectivity index (χ0) is 10.8. The highest BCUT2D eigenvalue weighted by Crippen LogP contribution is 2.30. The van der Waals surface area contributed by atoms with Crippen molar-refractivity contribution in [1.29, 1.82) is 0 Å². The molecule has 1 aliphatic heterocycles. The third kappa shape index (κ3) is 2.49. The Morgan fingerprint density at radius 1 is 1.27 bits per heavy atom. The van der Waals surface area contributed by atoms with E-state index >= 15 is 0 Å². The maximum atomic E-state index is 11.2. The van der Waals surface area contributed by atoms with Crippen LogP contribution >= 0.6 is 31.9 Å². The summed E-state index contributed by atoms with van der Waals surface area (Å²) < 4.78 is 7.35. The summed E-state index contributed by atoms with van der Waals surface area (Å²) in [5.41, 5.74) is 1.00. The molecule has 0 fully saturated rings. The number of carbonyl (C=O) groups is 1. The number of halogens is 2. The first-order valence-electron chi connectivity index (χ1n) is 4.46. The van der Waals surface area contributed by atoms with Gasteiger partial charge in [0.15, 0.2) is 5.78 Å². The van der Waals surface area contributed by atoms with E-state index in [0.29, 0.717) is 6.42 Å². The minimum absolute atomic E-state index is 0.102. The molecular formula is C11H8Br2O2. The van der Waals surface area contributed by atoms with Gasteiger partial charge in [-0.1, -0.05) is 6.07 Å². The first-order chi connectivity index (χ1) is 7.16. The van der Waals surface area contributed by atoms with Crippen LogP contribution in [0.5, 0.6) is 0 Å². The topological polar surface area (TPSA) is 26.3 Å². The van der Waals surface area contributed by atoms with Gasteiger partial charge in [-0.25, -0.2) is 0 Å². The second kappa shape index (κ2) is 4.49. The standard InChI is InChI=1S/C11H8Br2O2/c12-9-2-1-7(5-10(9)13)11-6-8(14)3-4-15-11/h1-5,11H,6H2. The fourth-order valence-corrected chi connectivity index (χ4v) is 2.06. The number of ketones is 1. The Hall–Kier alpha value is -0.610. The molecule has 2 rings (SSSR count). The summed E-state index contributed by atoms with van der Waals surface area (Å²) in [6.45, 7) is 0. The molecule has 78 valence electrons. The fraction of sp³-hybridized carbons (Fsp3) is 0.182. The van der Waals surface area contributed by atoms with Crippen molar-refractivity contribution in [2.75, 3.05) is 0 Å². The second-order valence-electron chi connectivity index (χ2n) is 3.27. The summed E-state index contributed by atoms with van der Waals surface area (Å²) in [6.07, 6.45) is 3.17. The van der Waals surface area contributed by atoms with Crippen molar-refractivity contribution in [3.05, 3.63) is 45.0 Å². The van der Waals surface area contributed by atoms with E-state index in [4.69, 9.17) is 4.74 Å². The van der Waals surface area contributed by atoms with Gasteiger partial charge in [0.2, 0.25) is 0 Å². The summed E-state index contributed by atoms with van der Waals surface area (Å²) in [7, 11) is 0. The van der Waals surface area contributed by atoms with Gasteiger partial charge in [-0.3, -0.25) is 4.79 Å². The van der Waals surface area contributed by atoms with E-state index in [1.807, 2.05) is 18.2 Å². The van der Waals surface area contributed by atoms with Crippen molar-refractivity contribution in [1.82, 2.24) is 0 Å². The molecule has 1 heterocycles. The highest BCUT2D eigenvalue weighted by Gasteiger charge is 2.19. The molecule has 0 amide bonds. The van der Waals surface area contributed by atoms with E-state index in [9.17, 15) is 4.79 Å². The number of benzene rings is 1. The Balaban J connectivity index is 2.26. The number of hydrogen-bond donors (Lipinski definition) is 0. The van der Waals surface area contributed by atoms with Crippen molar-refractivity contribution < 1.29 is 9.53 Å². The molecule has 15 heavy (non-hydrogen) atoms. The highest BCUT2D eigenvalue weighted by molar-refractivity contribution is 9.13. The summed E-state index contributed by atoms with van der Waals surface area (Å²) >= 11 is 6.82. The predicted molar refractivity (Wildman–Crippen MR) is 64.4 cm³/mol. The van der Waals surface area contributed by atoms with E-state index in [0.717, 1.165) is 14.5 Å². The van der Waals surface area contributed by atoms with Crippen LogP contribution in [0.15, 0.2) is 39.5 Å². The minimum Gasteiger partial charge on any atom is -0.493 e. The van der Waals surface area contributed by atoms with Crippen LogP contribution in [-0.4, -0.2) is 5.78 Å². The van der Waals surface area contributed by atoms with Crippen molar-refractivity contribution in [2.24, 2.45) is 0 Å². The Labute approximate surface area is 105 Å². The predicted octanol–water partition coefficient (Wildman–Crippen LogP) is 3.76. The molecule has 0 saturated heterocycles. The Kier molecular flexibility index (Phi) is 3.26. The molecule has 0 N–H and O–H groups in total. The SMILES string of the molecule is O=C1C=COC(c2ccc(Br)c(Br)c2)C1. The van der Waals surface area contributed by atoms with Gasteiger partial charge >= 0.3 is 0 Å². The van der Waals surface area contributed by atoms with Gasteiger partial charge in [0.25, 0.3) is 0 Å². The summed E-state index contributed by atoms with van der Waals surface area (Å²) in [5.74, 6) is 0.102. The average molecular weight is 332 g/mol. The second-order valence-corrected chi connectivity index (χ2v) is 4.98. The number of hydrogen-bond acceptors (Lipinski definition) is 2. The van der Waals surface area contributed by atoms with Crippen LogP contribution in [0.1, 0.15) is 18.1 Å². The summed E-state index contributed by atoms with van der Waals surface area (Å²) in [5, 5.41) is 0. The monoisotopic (exact) mass is 330 g/mol. The molecule has 0 aromatic heterocycles. The number of rotatable bonds is 1. The smallest absolute Gasteiger partial charge is 0.162 e. The van der Waals surface area contributed by atoms with Gasteiger partial charge in [0, 0.05) is 15.0 Å². The fourth-order valence-electron chi connectivity index (χ4n) is 1.42. The van der Waals surface area contributed by atoms with Crippen LogP contribution in [0.2, 0.25) is 0 Å². The lowest BCUT2D eigenvalue weighted by Gasteiger charge is -2.19. The summed E-state index contributed by atoms with van der Waals surface area (Å²) in [6, 6.07) is 5.85. The third-order valence-electron chi connectivity index (χ3n) is 2.20. The van der Waals surface area contributed by atoms with Gasteiger partial charge in [-0.2, -0.15) is 0 Å². The van der Waals surface area contributed by atoms with Crippen LogP contribution < -0.4 is 0 Å². The molecule has 1 aliphatic rings. The first kappa shape index (κ1) is 10.9. The molecule has 1 atom stereocenters. The van der Waals surface area contributed by atoms with E-state index in [-0.39, 0.29) is 11.9 Å². The van der Waals surface area contributed by atoms with E-state index < -0.39 is 0 Å². The van der Waals surface area contributed by atoms with E-state index in [1.165, 1.54) is 12.3 Å². The van der Waals surface area contributed by atoms with E-state index in [1.54, 1.807) is 0 Å². The lowest BCUT2D eigenvalue weighted by Crippen LogP contribution is -2.11. The molecule has 1 unspecified atom stereocenters. The van der Waals surface area contributed by atoms with Crippen molar-refractivity contribution in [3.8, 4) is 0 Å². The third-order valence-corrected chi connectivity index (χ3v) is 4.08. The highest BCUT2D eigenvalue weighted by atomic mass is 79.9. The van der Waals surface area contributed by atoms with Crippen LogP contribution in [0.4, 0.5) is 0 Å². The van der Waals surface area contributed by atoms with Crippen LogP contribution in [-0.2, 0) is 9.53 Å². The number of ether oxygens (including phenoxy) is 1. The zero-order valence-electron chi connectivity index (χ0n) is 7.74. The largest absolute Gasteiger partial charge is 0.493 e. The lowest BCUT2D eigenvalue weighted by atomic mass is 10.0. The molecule has 2 nitrogen and oxygen atoms in total. The quantitative estimate of drug-likeness (QED) is 0.783. The Morgan fingerprint density at radius 3 is 2.73 bits per heavy atom. The van der Waals surface area contributed by atoms with Crippen molar-refractivity contribution in [2.45, 2.75) is 12.5 Å². The molecule has 1 aromatic rings. The average Bonchev–Trinajstić information content (AvgIpc) is 2.22. The molecule has 0 radical (unpaired) electrons. The van der Waals surface area contributed by atoms with Crippen LogP contribution in [0.3, 0.4) is 0 Å². The van der Waals surface area contributed by atoms with Gasteiger partial charge in [0.1, 0.15) is 6.10 Å². The minimum atomic E-state index is -0.160. The lowest BCUT2D eigenvalue weighted by molar-refractivity contribution is -0.118. The molecule has 0 saturated carbocycles. The maximum Gasteiger partial charge on any atom is 0.162 e. The Bertz CT molecular complexity index is 427. The van der Waals surface area contributed by atoms with Gasteiger partial charge in [-0.15, -0.1) is 0 Å². The number of allylic oxidation sites excluding steroid dienone is 1. The number of carbonyl (C=O) groups excluding carboxylic acids is 1. The normalized spacial score (nSPS) is 20.1. The van der Waals surface area contributed by atoms with Crippen LogP contribution in [0, 0.1) is 0 Å². The van der Waals surface area contributed by atoms with Crippen molar-refractivity contribution in [3.63, 3.8) is 0 Å². The maximum absolute atomic E-state index is 11.2. The molecule has 0 spiro atoms. The molecule has 0 aliphatic carbocycles. The Morgan fingerprint density at radius 2 is 2.07 bits per heavy atom. The van der Waals surface area contributed by atoms with E-state index in [2.05, 4.69) is 31.9 Å². The summed E-state index contributed by atoms with van der Waals surface area (Å²) in [4.78, 5) is 11.2. The van der Waals surface area contributed by atoms with Gasteiger partial charge < -0.3 is 4.74 Å². The van der Waals surface area contributed by atoms with Crippen LogP contribution in [0.25, 0.3) is 0 Å². The molecule has 1 aromatic carbocycles. The van der Waals surface area contributed by atoms with Gasteiger partial charge in [0.05, 0.1) is 12.7 Å². The first-order valence-corrected chi connectivity index (χ1v) is 6.05. The van der Waals surface area contributed by atoms with Crippen molar-refractivity contribution >= 4 is 37.6 Å². The molecular weight excluding hydrogens is 324 g/mol. The zero-order valence-corrected chi connectivity index (χ0v) is 10.9.